The van der Waals surface area contributed by atoms with Crippen LogP contribution in [0.15, 0.2) is 0 Å². The van der Waals surface area contributed by atoms with E-state index in [0.717, 1.165) is 6.92 Å². The molecule has 0 amide bonds. The summed E-state index contributed by atoms with van der Waals surface area (Å²) in [5.74, 6) is -10.7. The Morgan fingerprint density at radius 2 is 1.22 bits per heavy atom. The fourth-order valence-corrected chi connectivity index (χ4v) is 1.28. The summed E-state index contributed by atoms with van der Waals surface area (Å²) < 4.78 is 65.2. The first-order valence-corrected chi connectivity index (χ1v) is 4.62. The number of benzene rings is 1. The Bertz CT molecular complexity index is 435. The molecule has 104 valence electrons. The number of nitrogens with two attached hydrogens (primary N) is 1. The highest BCUT2D eigenvalue weighted by Crippen LogP contribution is 2.32. The molecule has 1 aromatic rings. The van der Waals surface area contributed by atoms with Crippen LogP contribution in [0.4, 0.5) is 22.0 Å². The molecule has 0 spiro atoms. The van der Waals surface area contributed by atoms with Crippen LogP contribution in [0.1, 0.15) is 19.4 Å². The van der Waals surface area contributed by atoms with E-state index in [0.29, 0.717) is 0 Å². The maximum atomic E-state index is 13.3. The summed E-state index contributed by atoms with van der Waals surface area (Å²) in [6.07, 6.45) is 0. The van der Waals surface area contributed by atoms with Gasteiger partial charge in [-0.25, -0.2) is 22.0 Å². The number of rotatable bonds is 2. The maximum Gasteiger partial charge on any atom is 0.200 e. The molecule has 0 heterocycles. The molecule has 0 aliphatic carbocycles. The molecule has 2 nitrogen and oxygen atoms in total. The summed E-state index contributed by atoms with van der Waals surface area (Å²) in [5.41, 5.74) is 1.56. The van der Waals surface area contributed by atoms with Gasteiger partial charge < -0.3 is 10.8 Å². The van der Waals surface area contributed by atoms with Crippen LogP contribution >= 0.6 is 12.4 Å². The quantitative estimate of drug-likeness (QED) is 0.499. The zero-order valence-corrected chi connectivity index (χ0v) is 10.2. The predicted molar refractivity (Wildman–Crippen MR) is 56.7 cm³/mol. The van der Waals surface area contributed by atoms with Crippen molar-refractivity contribution < 1.29 is 27.1 Å². The molecule has 0 aliphatic rings. The molecule has 0 radical (unpaired) electrons. The van der Waals surface area contributed by atoms with E-state index >= 15 is 0 Å². The minimum atomic E-state index is -2.37. The average Bonchev–Trinajstić information content (AvgIpc) is 2.23. The molecule has 1 aromatic carbocycles. The van der Waals surface area contributed by atoms with Crippen LogP contribution < -0.4 is 5.73 Å². The smallest absolute Gasteiger partial charge is 0.200 e. The minimum Gasteiger partial charge on any atom is -0.384 e. The Balaban J connectivity index is 0.00000289. The lowest BCUT2D eigenvalue weighted by molar-refractivity contribution is 0.0256. The van der Waals surface area contributed by atoms with Crippen molar-refractivity contribution in [3.8, 4) is 0 Å². The third kappa shape index (κ3) is 2.43. The van der Waals surface area contributed by atoms with E-state index in [4.69, 9.17) is 5.73 Å². The van der Waals surface area contributed by atoms with Crippen LogP contribution in [0.2, 0.25) is 0 Å². The summed E-state index contributed by atoms with van der Waals surface area (Å²) in [6, 6.07) is -1.23. The van der Waals surface area contributed by atoms with Gasteiger partial charge in [0.1, 0.15) is 5.60 Å². The summed E-state index contributed by atoms with van der Waals surface area (Å²) in [4.78, 5) is 0. The molecule has 2 atom stereocenters. The van der Waals surface area contributed by atoms with Gasteiger partial charge in [0.25, 0.3) is 0 Å². The molecule has 0 saturated heterocycles. The van der Waals surface area contributed by atoms with Crippen LogP contribution in [0.5, 0.6) is 0 Å². The summed E-state index contributed by atoms with van der Waals surface area (Å²) in [6.45, 7) is 2.05. The van der Waals surface area contributed by atoms with E-state index in [-0.39, 0.29) is 12.4 Å². The van der Waals surface area contributed by atoms with Crippen molar-refractivity contribution in [3.63, 3.8) is 0 Å². The summed E-state index contributed by atoms with van der Waals surface area (Å²) in [7, 11) is 0. The SMILES string of the molecule is CC(N)C(C)(O)c1c(F)c(F)c(F)c(F)c1F.Cl. The summed E-state index contributed by atoms with van der Waals surface area (Å²) in [5, 5.41) is 9.70. The van der Waals surface area contributed by atoms with E-state index in [1.807, 2.05) is 0 Å². The maximum absolute atomic E-state index is 13.3. The Morgan fingerprint density at radius 3 is 1.50 bits per heavy atom. The van der Waals surface area contributed by atoms with Gasteiger partial charge in [-0.2, -0.15) is 0 Å². The van der Waals surface area contributed by atoms with Gasteiger partial charge in [-0.05, 0) is 13.8 Å². The molecule has 0 bridgehead atoms. The lowest BCUT2D eigenvalue weighted by Crippen LogP contribution is -2.42. The third-order valence-corrected chi connectivity index (χ3v) is 2.60. The van der Waals surface area contributed by atoms with E-state index < -0.39 is 46.3 Å². The normalized spacial score (nSPS) is 15.8. The molecule has 1 rings (SSSR count). The van der Waals surface area contributed by atoms with Gasteiger partial charge >= 0.3 is 0 Å². The standard InChI is InChI=1S/C10H10F5NO.ClH/c1-3(16)10(2,17)4-5(11)7(13)9(15)8(14)6(4)12;/h3,17H,16H2,1-2H3;1H. The topological polar surface area (TPSA) is 46.2 Å². The van der Waals surface area contributed by atoms with Gasteiger partial charge in [-0.15, -0.1) is 12.4 Å². The second kappa shape index (κ2) is 5.38. The molecule has 3 N–H and O–H groups in total. The van der Waals surface area contributed by atoms with Crippen LogP contribution in [-0.4, -0.2) is 11.1 Å². The lowest BCUT2D eigenvalue weighted by Gasteiger charge is -2.28. The highest BCUT2D eigenvalue weighted by molar-refractivity contribution is 5.85. The Morgan fingerprint density at radius 1 is 0.944 bits per heavy atom. The second-order valence-corrected chi connectivity index (χ2v) is 3.88. The van der Waals surface area contributed by atoms with Crippen LogP contribution in [0, 0.1) is 29.1 Å². The van der Waals surface area contributed by atoms with Gasteiger partial charge in [-0.1, -0.05) is 0 Å². The van der Waals surface area contributed by atoms with E-state index in [2.05, 4.69) is 0 Å². The van der Waals surface area contributed by atoms with Crippen LogP contribution in [-0.2, 0) is 5.60 Å². The Hall–Kier alpha value is -0.920. The fraction of sp³-hybridized carbons (Fsp3) is 0.400. The van der Waals surface area contributed by atoms with Gasteiger partial charge in [0, 0.05) is 6.04 Å². The molecular weight excluding hydrogens is 281 g/mol. The largest absolute Gasteiger partial charge is 0.384 e. The van der Waals surface area contributed by atoms with Crippen molar-refractivity contribution in [1.82, 2.24) is 0 Å². The molecule has 0 aliphatic heterocycles. The molecular formula is C10H11ClF5NO. The zero-order valence-electron chi connectivity index (χ0n) is 9.40. The number of halogens is 6. The van der Waals surface area contributed by atoms with Crippen molar-refractivity contribution in [2.24, 2.45) is 5.73 Å². The van der Waals surface area contributed by atoms with Gasteiger partial charge in [0.05, 0.1) is 5.56 Å². The minimum absolute atomic E-state index is 0. The van der Waals surface area contributed by atoms with Gasteiger partial charge in [-0.3, -0.25) is 0 Å². The number of hydrogen-bond acceptors (Lipinski definition) is 2. The van der Waals surface area contributed by atoms with Crippen molar-refractivity contribution in [2.45, 2.75) is 25.5 Å². The number of aliphatic hydroxyl groups is 1. The third-order valence-electron chi connectivity index (χ3n) is 2.60. The van der Waals surface area contributed by atoms with Crippen LogP contribution in [0.25, 0.3) is 0 Å². The Labute approximate surface area is 106 Å². The van der Waals surface area contributed by atoms with Crippen molar-refractivity contribution in [1.29, 1.82) is 0 Å². The van der Waals surface area contributed by atoms with Gasteiger partial charge in [0.15, 0.2) is 23.3 Å². The number of hydrogen-bond donors (Lipinski definition) is 2. The molecule has 0 aromatic heterocycles. The van der Waals surface area contributed by atoms with Gasteiger partial charge in [0.2, 0.25) is 5.82 Å². The fourth-order valence-electron chi connectivity index (χ4n) is 1.28. The second-order valence-electron chi connectivity index (χ2n) is 3.88. The van der Waals surface area contributed by atoms with Crippen molar-refractivity contribution >= 4 is 12.4 Å². The average molecular weight is 292 g/mol. The predicted octanol–water partition coefficient (Wildman–Crippen LogP) is 2.36. The first kappa shape index (κ1) is 17.1. The van der Waals surface area contributed by atoms with E-state index in [1.54, 1.807) is 0 Å². The van der Waals surface area contributed by atoms with E-state index in [1.165, 1.54) is 6.92 Å². The Kier molecular flexibility index (Phi) is 5.10. The van der Waals surface area contributed by atoms with Crippen LogP contribution in [0.3, 0.4) is 0 Å². The molecule has 0 saturated carbocycles. The van der Waals surface area contributed by atoms with E-state index in [9.17, 15) is 27.1 Å². The lowest BCUT2D eigenvalue weighted by atomic mass is 9.88. The highest BCUT2D eigenvalue weighted by Gasteiger charge is 2.38. The zero-order chi connectivity index (χ0) is 13.5. The van der Waals surface area contributed by atoms with Crippen molar-refractivity contribution in [3.05, 3.63) is 34.6 Å². The first-order chi connectivity index (χ1) is 7.62. The first-order valence-electron chi connectivity index (χ1n) is 4.62. The molecule has 0 fully saturated rings. The molecule has 18 heavy (non-hydrogen) atoms. The monoisotopic (exact) mass is 291 g/mol. The molecule has 8 heteroatoms. The summed E-state index contributed by atoms with van der Waals surface area (Å²) >= 11 is 0. The highest BCUT2D eigenvalue weighted by atomic mass is 35.5. The molecule has 2 unspecified atom stereocenters. The van der Waals surface area contributed by atoms with Crippen molar-refractivity contribution in [2.75, 3.05) is 0 Å².